The van der Waals surface area contributed by atoms with Crippen molar-refractivity contribution in [1.82, 2.24) is 25.0 Å². The van der Waals surface area contributed by atoms with Gasteiger partial charge in [-0.25, -0.2) is 0 Å². The Labute approximate surface area is 179 Å². The van der Waals surface area contributed by atoms with Gasteiger partial charge < -0.3 is 8.98 Å². The Morgan fingerprint density at radius 2 is 1.77 bits per heavy atom. The third-order valence-corrected chi connectivity index (χ3v) is 6.31. The van der Waals surface area contributed by atoms with Gasteiger partial charge in [-0.3, -0.25) is 0 Å². The molecule has 1 aliphatic carbocycles. The van der Waals surface area contributed by atoms with Gasteiger partial charge in [-0.2, -0.15) is 0 Å². The second-order valence-corrected chi connectivity index (χ2v) is 9.07. The van der Waals surface area contributed by atoms with Gasteiger partial charge in [-0.1, -0.05) is 59.8 Å². The van der Waals surface area contributed by atoms with Crippen molar-refractivity contribution in [3.05, 3.63) is 77.4 Å². The van der Waals surface area contributed by atoms with Crippen LogP contribution in [0.2, 0.25) is 0 Å². The molecule has 152 valence electrons. The Kier molecular flexibility index (Phi) is 5.12. The number of rotatable bonds is 7. The molecule has 0 aliphatic heterocycles. The van der Waals surface area contributed by atoms with E-state index in [1.54, 1.807) is 11.8 Å². The average Bonchev–Trinajstić information content (AvgIpc) is 3.35. The van der Waals surface area contributed by atoms with E-state index in [0.717, 1.165) is 23.1 Å². The lowest BCUT2D eigenvalue weighted by Crippen LogP contribution is -2.06. The van der Waals surface area contributed by atoms with Crippen molar-refractivity contribution in [1.29, 1.82) is 0 Å². The van der Waals surface area contributed by atoms with Crippen molar-refractivity contribution in [3.8, 4) is 11.5 Å². The zero-order chi connectivity index (χ0) is 20.5. The van der Waals surface area contributed by atoms with Crippen LogP contribution in [-0.4, -0.2) is 25.0 Å². The van der Waals surface area contributed by atoms with Crippen molar-refractivity contribution < 1.29 is 4.42 Å². The van der Waals surface area contributed by atoms with Crippen LogP contribution in [0.3, 0.4) is 0 Å². The van der Waals surface area contributed by atoms with Crippen LogP contribution in [0.1, 0.15) is 53.8 Å². The van der Waals surface area contributed by atoms with Crippen LogP contribution >= 0.6 is 11.8 Å². The zero-order valence-corrected chi connectivity index (χ0v) is 17.8. The van der Waals surface area contributed by atoms with Gasteiger partial charge in [-0.05, 0) is 44.4 Å². The fraction of sp³-hybridized carbons (Fsp3) is 0.304. The minimum absolute atomic E-state index is 0.0255. The molecule has 1 saturated carbocycles. The Hall–Kier alpha value is -2.93. The van der Waals surface area contributed by atoms with Gasteiger partial charge in [0.15, 0.2) is 5.16 Å². The third-order valence-electron chi connectivity index (χ3n) is 5.24. The molecule has 0 saturated heterocycles. The van der Waals surface area contributed by atoms with Gasteiger partial charge in [0, 0.05) is 11.5 Å². The molecule has 4 aromatic rings. The van der Waals surface area contributed by atoms with Crippen LogP contribution in [-0.2, 0) is 6.54 Å². The van der Waals surface area contributed by atoms with Gasteiger partial charge in [-0.15, -0.1) is 20.4 Å². The van der Waals surface area contributed by atoms with Gasteiger partial charge in [0.05, 0.1) is 11.8 Å². The molecule has 2 heterocycles. The van der Waals surface area contributed by atoms with E-state index in [1.807, 2.05) is 30.3 Å². The van der Waals surface area contributed by atoms with Crippen LogP contribution in [0.4, 0.5) is 0 Å². The normalized spacial score (nSPS) is 14.7. The van der Waals surface area contributed by atoms with Gasteiger partial charge in [0.25, 0.3) is 0 Å². The number of aromatic nitrogens is 5. The summed E-state index contributed by atoms with van der Waals surface area (Å²) in [6, 6.07) is 18.5. The average molecular weight is 418 g/mol. The molecule has 7 heteroatoms. The molecular weight excluding hydrogens is 394 g/mol. The lowest BCUT2D eigenvalue weighted by molar-refractivity contribution is 0.508. The second kappa shape index (κ2) is 8.07. The summed E-state index contributed by atoms with van der Waals surface area (Å²) in [7, 11) is 0. The third kappa shape index (κ3) is 4.03. The minimum atomic E-state index is -0.0255. The van der Waals surface area contributed by atoms with E-state index in [4.69, 9.17) is 4.42 Å². The van der Waals surface area contributed by atoms with Crippen molar-refractivity contribution in [3.63, 3.8) is 0 Å². The van der Waals surface area contributed by atoms with E-state index in [0.29, 0.717) is 17.7 Å². The van der Waals surface area contributed by atoms with Gasteiger partial charge in [0.2, 0.25) is 11.8 Å². The first-order valence-corrected chi connectivity index (χ1v) is 11.1. The van der Waals surface area contributed by atoms with E-state index >= 15 is 0 Å². The Bertz CT molecular complexity index is 1130. The first kappa shape index (κ1) is 19.1. The van der Waals surface area contributed by atoms with Crippen LogP contribution in [0.15, 0.2) is 64.2 Å². The Balaban J connectivity index is 1.37. The fourth-order valence-electron chi connectivity index (χ4n) is 3.37. The molecule has 0 bridgehead atoms. The molecule has 1 aliphatic rings. The molecule has 2 aromatic heterocycles. The predicted octanol–water partition coefficient (Wildman–Crippen LogP) is 5.42. The van der Waals surface area contributed by atoms with E-state index in [9.17, 15) is 0 Å². The molecule has 0 spiro atoms. The van der Waals surface area contributed by atoms with Gasteiger partial charge in [0.1, 0.15) is 5.82 Å². The summed E-state index contributed by atoms with van der Waals surface area (Å²) in [4.78, 5) is 0. The molecule has 0 amide bonds. The first-order valence-electron chi connectivity index (χ1n) is 10.2. The van der Waals surface area contributed by atoms with Crippen molar-refractivity contribution in [2.45, 2.75) is 49.6 Å². The molecule has 0 unspecified atom stereocenters. The van der Waals surface area contributed by atoms with Crippen molar-refractivity contribution in [2.75, 3.05) is 0 Å². The lowest BCUT2D eigenvalue weighted by atomic mass is 10.1. The van der Waals surface area contributed by atoms with Crippen LogP contribution in [0.25, 0.3) is 11.5 Å². The highest BCUT2D eigenvalue weighted by Gasteiger charge is 2.31. The lowest BCUT2D eigenvalue weighted by Gasteiger charge is -2.11. The Morgan fingerprint density at radius 3 is 2.50 bits per heavy atom. The molecule has 0 radical (unpaired) electrons. The smallest absolute Gasteiger partial charge is 0.247 e. The Morgan fingerprint density at radius 1 is 1.00 bits per heavy atom. The molecule has 6 nitrogen and oxygen atoms in total. The number of benzene rings is 2. The van der Waals surface area contributed by atoms with E-state index in [-0.39, 0.29) is 5.25 Å². The van der Waals surface area contributed by atoms with E-state index in [1.165, 1.54) is 24.0 Å². The standard InChI is InChI=1S/C23H23N5OS/c1-15-8-10-19(11-9-15)22-26-25-21(29-22)16(2)30-23-27-24-20(18-12-13-18)28(23)14-17-6-4-3-5-7-17/h3-11,16,18H,12-14H2,1-2H3/t16-/m1/s1. The maximum Gasteiger partial charge on any atom is 0.247 e. The molecule has 2 aromatic carbocycles. The number of hydrogen-bond acceptors (Lipinski definition) is 6. The summed E-state index contributed by atoms with van der Waals surface area (Å²) in [5, 5.41) is 18.4. The molecule has 1 atom stereocenters. The summed E-state index contributed by atoms with van der Waals surface area (Å²) in [5.41, 5.74) is 3.37. The summed E-state index contributed by atoms with van der Waals surface area (Å²) in [6.07, 6.45) is 2.38. The topological polar surface area (TPSA) is 69.6 Å². The summed E-state index contributed by atoms with van der Waals surface area (Å²) < 4.78 is 8.21. The maximum absolute atomic E-state index is 5.97. The summed E-state index contributed by atoms with van der Waals surface area (Å²) in [6.45, 7) is 4.89. The van der Waals surface area contributed by atoms with Crippen LogP contribution < -0.4 is 0 Å². The van der Waals surface area contributed by atoms with Crippen LogP contribution in [0.5, 0.6) is 0 Å². The predicted molar refractivity (Wildman–Crippen MR) is 116 cm³/mol. The molecule has 0 N–H and O–H groups in total. The zero-order valence-electron chi connectivity index (χ0n) is 17.0. The monoisotopic (exact) mass is 417 g/mol. The molecular formula is C23H23N5OS. The number of hydrogen-bond donors (Lipinski definition) is 0. The largest absolute Gasteiger partial charge is 0.419 e. The molecule has 1 fully saturated rings. The number of nitrogens with zero attached hydrogens (tertiary/aromatic N) is 5. The quantitative estimate of drug-likeness (QED) is 0.374. The van der Waals surface area contributed by atoms with Gasteiger partial charge >= 0.3 is 0 Å². The highest BCUT2D eigenvalue weighted by atomic mass is 32.2. The highest BCUT2D eigenvalue weighted by molar-refractivity contribution is 7.99. The highest BCUT2D eigenvalue weighted by Crippen LogP contribution is 2.42. The number of aryl methyl sites for hydroxylation is 1. The summed E-state index contributed by atoms with van der Waals surface area (Å²) in [5.74, 6) is 2.75. The molecule has 5 rings (SSSR count). The van der Waals surface area contributed by atoms with E-state index in [2.05, 4.69) is 63.1 Å². The molecule has 30 heavy (non-hydrogen) atoms. The minimum Gasteiger partial charge on any atom is -0.419 e. The van der Waals surface area contributed by atoms with Crippen LogP contribution in [0, 0.1) is 6.92 Å². The van der Waals surface area contributed by atoms with Crippen molar-refractivity contribution >= 4 is 11.8 Å². The van der Waals surface area contributed by atoms with E-state index < -0.39 is 0 Å². The maximum atomic E-state index is 5.97. The second-order valence-electron chi connectivity index (χ2n) is 7.76. The fourth-order valence-corrected chi connectivity index (χ4v) is 4.25. The van der Waals surface area contributed by atoms with Crippen molar-refractivity contribution in [2.24, 2.45) is 0 Å². The first-order chi connectivity index (χ1) is 14.7. The summed E-state index contributed by atoms with van der Waals surface area (Å²) >= 11 is 1.61. The SMILES string of the molecule is Cc1ccc(-c2nnc([C@@H](C)Sc3nnc(C4CC4)n3Cc3ccccc3)o2)cc1. The number of thioether (sulfide) groups is 1.